The molecule has 1 aromatic carbocycles. The highest BCUT2D eigenvalue weighted by molar-refractivity contribution is 5.21. The van der Waals surface area contributed by atoms with Crippen molar-refractivity contribution >= 4 is 0 Å². The maximum Gasteiger partial charge on any atom is 0.0964 e. The van der Waals surface area contributed by atoms with E-state index in [0.29, 0.717) is 0 Å². The first-order valence-corrected chi connectivity index (χ1v) is 5.93. The minimum atomic E-state index is 0.777. The summed E-state index contributed by atoms with van der Waals surface area (Å²) in [6.07, 6.45) is 1.99. The van der Waals surface area contributed by atoms with Gasteiger partial charge in [-0.05, 0) is 19.0 Å². The molecule has 2 aromatic rings. The normalized spacial score (nSPS) is 10.7. The van der Waals surface area contributed by atoms with Crippen LogP contribution in [0.25, 0.3) is 0 Å². The molecule has 17 heavy (non-hydrogen) atoms. The Bertz CT molecular complexity index is 459. The van der Waals surface area contributed by atoms with E-state index in [1.807, 2.05) is 10.9 Å². The lowest BCUT2D eigenvalue weighted by molar-refractivity contribution is 0.648. The number of aryl methyl sites for hydroxylation is 1. The molecule has 0 atom stereocenters. The lowest BCUT2D eigenvalue weighted by Gasteiger charge is -2.01. The van der Waals surface area contributed by atoms with Crippen LogP contribution in [0, 0.1) is 6.92 Å². The molecule has 4 heteroatoms. The van der Waals surface area contributed by atoms with Gasteiger partial charge in [-0.1, -0.05) is 42.0 Å². The molecule has 0 aliphatic rings. The second-order valence-corrected chi connectivity index (χ2v) is 4.17. The molecule has 4 nitrogen and oxygen atoms in total. The Balaban J connectivity index is 1.98. The highest BCUT2D eigenvalue weighted by Gasteiger charge is 2.00. The van der Waals surface area contributed by atoms with Gasteiger partial charge in [-0.15, -0.1) is 5.10 Å². The number of nitrogens with one attached hydrogen (secondary N) is 1. The summed E-state index contributed by atoms with van der Waals surface area (Å²) in [5.74, 6) is 0. The predicted octanol–water partition coefficient (Wildman–Crippen LogP) is 1.74. The molecular weight excluding hydrogens is 212 g/mol. The van der Waals surface area contributed by atoms with Crippen molar-refractivity contribution in [3.8, 4) is 0 Å². The molecule has 0 aliphatic carbocycles. The van der Waals surface area contributed by atoms with Gasteiger partial charge in [0.15, 0.2) is 0 Å². The Kier molecular flexibility index (Phi) is 3.88. The Morgan fingerprint density at radius 2 is 2.00 bits per heavy atom. The third-order valence-electron chi connectivity index (χ3n) is 2.61. The van der Waals surface area contributed by atoms with Crippen molar-refractivity contribution in [3.05, 3.63) is 47.3 Å². The second-order valence-electron chi connectivity index (χ2n) is 4.17. The molecule has 0 amide bonds. The van der Waals surface area contributed by atoms with E-state index in [0.717, 1.165) is 25.3 Å². The number of aromatic nitrogens is 3. The summed E-state index contributed by atoms with van der Waals surface area (Å²) in [6, 6.07) is 8.49. The van der Waals surface area contributed by atoms with Gasteiger partial charge in [0, 0.05) is 6.54 Å². The van der Waals surface area contributed by atoms with Gasteiger partial charge in [0.1, 0.15) is 0 Å². The molecule has 1 aromatic heterocycles. The lowest BCUT2D eigenvalue weighted by atomic mass is 10.1. The largest absolute Gasteiger partial charge is 0.311 e. The van der Waals surface area contributed by atoms with Crippen LogP contribution in [0.5, 0.6) is 0 Å². The number of nitrogens with zero attached hydrogens (tertiary/aromatic N) is 3. The van der Waals surface area contributed by atoms with Crippen molar-refractivity contribution in [1.29, 1.82) is 0 Å². The van der Waals surface area contributed by atoms with E-state index < -0.39 is 0 Å². The van der Waals surface area contributed by atoms with Crippen LogP contribution in [-0.2, 0) is 13.1 Å². The summed E-state index contributed by atoms with van der Waals surface area (Å²) in [5.41, 5.74) is 3.51. The molecule has 1 N–H and O–H groups in total. The molecule has 1 heterocycles. The Labute approximate surface area is 102 Å². The van der Waals surface area contributed by atoms with E-state index in [2.05, 4.69) is 53.7 Å². The highest BCUT2D eigenvalue weighted by Crippen LogP contribution is 2.05. The smallest absolute Gasteiger partial charge is 0.0964 e. The van der Waals surface area contributed by atoms with Crippen LogP contribution in [0.2, 0.25) is 0 Å². The molecule has 0 saturated heterocycles. The number of hydrogen-bond donors (Lipinski definition) is 1. The van der Waals surface area contributed by atoms with Gasteiger partial charge in [-0.3, -0.25) is 0 Å². The van der Waals surface area contributed by atoms with Crippen molar-refractivity contribution in [3.63, 3.8) is 0 Å². The van der Waals surface area contributed by atoms with E-state index in [4.69, 9.17) is 0 Å². The molecule has 2 rings (SSSR count). The first kappa shape index (κ1) is 11.8. The Morgan fingerprint density at radius 1 is 1.24 bits per heavy atom. The molecule has 0 saturated carbocycles. The van der Waals surface area contributed by atoms with Gasteiger partial charge in [0.2, 0.25) is 0 Å². The fourth-order valence-electron chi connectivity index (χ4n) is 1.63. The molecule has 90 valence electrons. The maximum absolute atomic E-state index is 4.12. The number of benzene rings is 1. The van der Waals surface area contributed by atoms with Crippen LogP contribution in [-0.4, -0.2) is 21.5 Å². The van der Waals surface area contributed by atoms with Crippen LogP contribution in [0.3, 0.4) is 0 Å². The van der Waals surface area contributed by atoms with Gasteiger partial charge in [0.25, 0.3) is 0 Å². The summed E-state index contributed by atoms with van der Waals surface area (Å²) in [4.78, 5) is 0. The highest BCUT2D eigenvalue weighted by atomic mass is 15.4. The molecule has 0 spiro atoms. The zero-order valence-electron chi connectivity index (χ0n) is 10.3. The second kappa shape index (κ2) is 5.59. The van der Waals surface area contributed by atoms with Gasteiger partial charge < -0.3 is 5.32 Å². The van der Waals surface area contributed by atoms with Crippen LogP contribution >= 0.6 is 0 Å². The zero-order valence-corrected chi connectivity index (χ0v) is 10.3. The lowest BCUT2D eigenvalue weighted by Crippen LogP contribution is -2.11. The average Bonchev–Trinajstić information content (AvgIpc) is 2.77. The summed E-state index contributed by atoms with van der Waals surface area (Å²) in [7, 11) is 0. The quantitative estimate of drug-likeness (QED) is 0.851. The number of hydrogen-bond acceptors (Lipinski definition) is 3. The molecular formula is C13H18N4. The Morgan fingerprint density at radius 3 is 2.71 bits per heavy atom. The molecule has 0 fully saturated rings. The van der Waals surface area contributed by atoms with E-state index in [1.165, 1.54) is 11.1 Å². The summed E-state index contributed by atoms with van der Waals surface area (Å²) < 4.78 is 1.87. The number of rotatable bonds is 5. The molecule has 0 aliphatic heterocycles. The summed E-state index contributed by atoms with van der Waals surface area (Å²) >= 11 is 0. The molecule has 0 radical (unpaired) electrons. The topological polar surface area (TPSA) is 42.7 Å². The third-order valence-corrected chi connectivity index (χ3v) is 2.61. The van der Waals surface area contributed by atoms with Gasteiger partial charge in [-0.25, -0.2) is 4.68 Å². The van der Waals surface area contributed by atoms with E-state index in [9.17, 15) is 0 Å². The van der Waals surface area contributed by atoms with Crippen LogP contribution < -0.4 is 5.32 Å². The summed E-state index contributed by atoms with van der Waals surface area (Å²) in [6.45, 7) is 6.68. The zero-order chi connectivity index (χ0) is 12.1. The van der Waals surface area contributed by atoms with Crippen molar-refractivity contribution in [2.45, 2.75) is 26.9 Å². The monoisotopic (exact) mass is 230 g/mol. The van der Waals surface area contributed by atoms with Crippen LogP contribution in [0.4, 0.5) is 0 Å². The molecule has 0 unspecified atom stereocenters. The average molecular weight is 230 g/mol. The van der Waals surface area contributed by atoms with Crippen molar-refractivity contribution in [2.75, 3.05) is 6.54 Å². The van der Waals surface area contributed by atoms with Crippen molar-refractivity contribution in [1.82, 2.24) is 20.3 Å². The van der Waals surface area contributed by atoms with Crippen LogP contribution in [0.1, 0.15) is 23.7 Å². The van der Waals surface area contributed by atoms with Gasteiger partial charge >= 0.3 is 0 Å². The van der Waals surface area contributed by atoms with E-state index in [1.54, 1.807) is 0 Å². The Hall–Kier alpha value is -1.68. The van der Waals surface area contributed by atoms with Crippen molar-refractivity contribution < 1.29 is 0 Å². The van der Waals surface area contributed by atoms with E-state index in [-0.39, 0.29) is 0 Å². The minimum Gasteiger partial charge on any atom is -0.311 e. The van der Waals surface area contributed by atoms with Crippen molar-refractivity contribution in [2.24, 2.45) is 0 Å². The van der Waals surface area contributed by atoms with Gasteiger partial charge in [0.05, 0.1) is 18.4 Å². The van der Waals surface area contributed by atoms with Crippen LogP contribution in [0.15, 0.2) is 30.5 Å². The third kappa shape index (κ3) is 3.39. The first-order chi connectivity index (χ1) is 8.28. The molecule has 0 bridgehead atoms. The fourth-order valence-corrected chi connectivity index (χ4v) is 1.63. The SMILES string of the molecule is CCNCc1cn(Cc2ccc(C)cc2)nn1. The van der Waals surface area contributed by atoms with Gasteiger partial charge in [-0.2, -0.15) is 0 Å². The maximum atomic E-state index is 4.12. The predicted molar refractivity (Wildman–Crippen MR) is 67.7 cm³/mol. The summed E-state index contributed by atoms with van der Waals surface area (Å²) in [5, 5.41) is 11.5. The fraction of sp³-hybridized carbons (Fsp3) is 0.385. The first-order valence-electron chi connectivity index (χ1n) is 5.93. The van der Waals surface area contributed by atoms with E-state index >= 15 is 0 Å². The minimum absolute atomic E-state index is 0.777. The standard InChI is InChI=1S/C13H18N4/c1-3-14-8-13-10-17(16-15-13)9-12-6-4-11(2)5-7-12/h4-7,10,14H,3,8-9H2,1-2H3.